The van der Waals surface area contributed by atoms with Gasteiger partial charge in [-0.05, 0) is 48.3 Å². The SMILES string of the molecule is CC1CC1C(=O)NCC1CC(NC(=O)c2cccn3nccc23)C1(C)C. The van der Waals surface area contributed by atoms with Crippen LogP contribution in [0, 0.1) is 23.2 Å². The molecule has 2 aliphatic carbocycles. The minimum Gasteiger partial charge on any atom is -0.356 e. The molecule has 2 heterocycles. The Morgan fingerprint density at radius 2 is 2.08 bits per heavy atom. The first kappa shape index (κ1) is 17.1. The molecule has 0 saturated heterocycles. The van der Waals surface area contributed by atoms with Crippen molar-refractivity contribution < 1.29 is 9.59 Å². The number of carbonyl (C=O) groups is 2. The summed E-state index contributed by atoms with van der Waals surface area (Å²) >= 11 is 0. The second kappa shape index (κ2) is 6.11. The van der Waals surface area contributed by atoms with Crippen LogP contribution < -0.4 is 10.6 Å². The standard InChI is InChI=1S/C20H26N4O2/c1-12-9-15(12)18(25)21-11-13-10-17(20(13,2)3)23-19(26)14-5-4-8-24-16(14)6-7-22-24/h4-8,12-13,15,17H,9-11H2,1-3H3,(H,21,25)(H,23,26). The van der Waals surface area contributed by atoms with Crippen LogP contribution in [0.3, 0.4) is 0 Å². The highest BCUT2D eigenvalue weighted by molar-refractivity contribution is 6.00. The predicted octanol–water partition coefficient (Wildman–Crippen LogP) is 2.25. The van der Waals surface area contributed by atoms with E-state index in [4.69, 9.17) is 0 Å². The summed E-state index contributed by atoms with van der Waals surface area (Å²) in [5, 5.41) is 10.4. The summed E-state index contributed by atoms with van der Waals surface area (Å²) in [4.78, 5) is 24.8. The van der Waals surface area contributed by atoms with Crippen molar-refractivity contribution in [3.8, 4) is 0 Å². The van der Waals surface area contributed by atoms with E-state index >= 15 is 0 Å². The van der Waals surface area contributed by atoms with Crippen LogP contribution in [0.25, 0.3) is 5.52 Å². The lowest BCUT2D eigenvalue weighted by molar-refractivity contribution is -0.123. The van der Waals surface area contributed by atoms with Crippen LogP contribution in [0.15, 0.2) is 30.6 Å². The van der Waals surface area contributed by atoms with E-state index in [2.05, 4.69) is 36.5 Å². The number of carbonyl (C=O) groups excluding carboxylic acids is 2. The summed E-state index contributed by atoms with van der Waals surface area (Å²) in [5.74, 6) is 1.25. The summed E-state index contributed by atoms with van der Waals surface area (Å²) in [6.45, 7) is 7.14. The molecule has 0 radical (unpaired) electrons. The number of rotatable bonds is 5. The molecule has 2 aromatic rings. The zero-order valence-corrected chi connectivity index (χ0v) is 15.5. The summed E-state index contributed by atoms with van der Waals surface area (Å²) in [6.07, 6.45) is 5.43. The van der Waals surface area contributed by atoms with E-state index < -0.39 is 0 Å². The van der Waals surface area contributed by atoms with E-state index in [0.29, 0.717) is 23.9 Å². The van der Waals surface area contributed by atoms with Crippen LogP contribution >= 0.6 is 0 Å². The van der Waals surface area contributed by atoms with Gasteiger partial charge in [0.2, 0.25) is 5.91 Å². The zero-order valence-electron chi connectivity index (χ0n) is 15.5. The third-order valence-electron chi connectivity index (χ3n) is 6.43. The summed E-state index contributed by atoms with van der Waals surface area (Å²) < 4.78 is 1.71. The number of nitrogens with one attached hydrogen (secondary N) is 2. The van der Waals surface area contributed by atoms with Gasteiger partial charge in [-0.15, -0.1) is 0 Å². The fraction of sp³-hybridized carbons (Fsp3) is 0.550. The molecule has 2 fully saturated rings. The highest BCUT2D eigenvalue weighted by atomic mass is 16.2. The molecule has 138 valence electrons. The molecule has 2 aromatic heterocycles. The topological polar surface area (TPSA) is 75.5 Å². The lowest BCUT2D eigenvalue weighted by Crippen LogP contribution is -2.60. The summed E-state index contributed by atoms with van der Waals surface area (Å²) in [7, 11) is 0. The van der Waals surface area contributed by atoms with E-state index in [1.807, 2.05) is 24.4 Å². The Morgan fingerprint density at radius 3 is 2.77 bits per heavy atom. The molecule has 2 aliphatic rings. The van der Waals surface area contributed by atoms with Crippen LogP contribution in [0.2, 0.25) is 0 Å². The normalized spacial score (nSPS) is 29.0. The maximum atomic E-state index is 12.7. The number of aromatic nitrogens is 2. The molecule has 4 unspecified atom stereocenters. The fourth-order valence-electron chi connectivity index (χ4n) is 4.03. The highest BCUT2D eigenvalue weighted by Crippen LogP contribution is 2.46. The first-order chi connectivity index (χ1) is 12.4. The molecular formula is C20H26N4O2. The lowest BCUT2D eigenvalue weighted by Gasteiger charge is -2.52. The van der Waals surface area contributed by atoms with Gasteiger partial charge in [-0.1, -0.05) is 20.8 Å². The maximum Gasteiger partial charge on any atom is 0.253 e. The lowest BCUT2D eigenvalue weighted by atomic mass is 9.58. The molecule has 4 atom stereocenters. The van der Waals surface area contributed by atoms with Crippen LogP contribution in [0.1, 0.15) is 44.0 Å². The van der Waals surface area contributed by atoms with Gasteiger partial charge in [0, 0.05) is 24.7 Å². The molecule has 6 heteroatoms. The smallest absolute Gasteiger partial charge is 0.253 e. The molecule has 0 aromatic carbocycles. The Balaban J connectivity index is 1.35. The third-order valence-corrected chi connectivity index (χ3v) is 6.43. The summed E-state index contributed by atoms with van der Waals surface area (Å²) in [5.41, 5.74) is 1.41. The maximum absolute atomic E-state index is 12.7. The minimum absolute atomic E-state index is 0.0383. The molecule has 0 spiro atoms. The van der Waals surface area contributed by atoms with Crippen molar-refractivity contribution in [3.05, 3.63) is 36.2 Å². The molecule has 0 aliphatic heterocycles. The van der Waals surface area contributed by atoms with Gasteiger partial charge in [-0.25, -0.2) is 4.52 Å². The molecule has 2 saturated carbocycles. The second-order valence-corrected chi connectivity index (χ2v) is 8.43. The van der Waals surface area contributed by atoms with E-state index in [0.717, 1.165) is 18.4 Å². The van der Waals surface area contributed by atoms with Crippen molar-refractivity contribution in [2.24, 2.45) is 23.2 Å². The van der Waals surface area contributed by atoms with Crippen molar-refractivity contribution >= 4 is 17.3 Å². The van der Waals surface area contributed by atoms with Crippen LogP contribution in [-0.4, -0.2) is 34.0 Å². The highest BCUT2D eigenvalue weighted by Gasteiger charge is 2.49. The van der Waals surface area contributed by atoms with Gasteiger partial charge in [0.25, 0.3) is 5.91 Å². The van der Waals surface area contributed by atoms with Crippen molar-refractivity contribution in [1.82, 2.24) is 20.2 Å². The van der Waals surface area contributed by atoms with E-state index in [9.17, 15) is 9.59 Å². The summed E-state index contributed by atoms with van der Waals surface area (Å²) in [6, 6.07) is 5.61. The van der Waals surface area contributed by atoms with Gasteiger partial charge >= 0.3 is 0 Å². The average molecular weight is 354 g/mol. The molecule has 2 amide bonds. The molecule has 26 heavy (non-hydrogen) atoms. The number of nitrogens with zero attached hydrogens (tertiary/aromatic N) is 2. The first-order valence-corrected chi connectivity index (χ1v) is 9.39. The van der Waals surface area contributed by atoms with E-state index in [-0.39, 0.29) is 29.2 Å². The van der Waals surface area contributed by atoms with Crippen LogP contribution in [-0.2, 0) is 4.79 Å². The number of fused-ring (bicyclic) bond motifs is 1. The van der Waals surface area contributed by atoms with E-state index in [1.165, 1.54) is 0 Å². The van der Waals surface area contributed by atoms with Gasteiger partial charge < -0.3 is 10.6 Å². The quantitative estimate of drug-likeness (QED) is 0.865. The van der Waals surface area contributed by atoms with Crippen molar-refractivity contribution in [1.29, 1.82) is 0 Å². The van der Waals surface area contributed by atoms with Crippen LogP contribution in [0.4, 0.5) is 0 Å². The van der Waals surface area contributed by atoms with Crippen molar-refractivity contribution in [3.63, 3.8) is 0 Å². The number of amides is 2. The Bertz CT molecular complexity index is 856. The predicted molar refractivity (Wildman–Crippen MR) is 98.6 cm³/mol. The zero-order chi connectivity index (χ0) is 18.5. The minimum atomic E-state index is -0.0662. The molecular weight excluding hydrogens is 328 g/mol. The second-order valence-electron chi connectivity index (χ2n) is 8.43. The van der Waals surface area contributed by atoms with Crippen molar-refractivity contribution in [2.45, 2.75) is 39.7 Å². The Kier molecular flexibility index (Phi) is 4.01. The monoisotopic (exact) mass is 354 g/mol. The Morgan fingerprint density at radius 1 is 1.31 bits per heavy atom. The van der Waals surface area contributed by atoms with Gasteiger partial charge in [0.1, 0.15) is 0 Å². The van der Waals surface area contributed by atoms with Crippen LogP contribution in [0.5, 0.6) is 0 Å². The first-order valence-electron chi connectivity index (χ1n) is 9.39. The number of hydrogen-bond acceptors (Lipinski definition) is 3. The number of pyridine rings is 1. The largest absolute Gasteiger partial charge is 0.356 e. The van der Waals surface area contributed by atoms with Gasteiger partial charge in [0.05, 0.1) is 17.3 Å². The molecule has 2 N–H and O–H groups in total. The molecule has 4 rings (SSSR count). The van der Waals surface area contributed by atoms with E-state index in [1.54, 1.807) is 10.7 Å². The Labute approximate surface area is 153 Å². The molecule has 0 bridgehead atoms. The van der Waals surface area contributed by atoms with Gasteiger partial charge in [0.15, 0.2) is 0 Å². The Hall–Kier alpha value is -2.37. The molecule has 6 nitrogen and oxygen atoms in total. The average Bonchev–Trinajstić information content (AvgIpc) is 3.15. The number of hydrogen-bond donors (Lipinski definition) is 2. The van der Waals surface area contributed by atoms with Gasteiger partial charge in [-0.2, -0.15) is 5.10 Å². The van der Waals surface area contributed by atoms with Crippen molar-refractivity contribution in [2.75, 3.05) is 6.54 Å². The fourth-order valence-corrected chi connectivity index (χ4v) is 4.03. The van der Waals surface area contributed by atoms with Gasteiger partial charge in [-0.3, -0.25) is 9.59 Å². The third kappa shape index (κ3) is 2.87.